The zero-order chi connectivity index (χ0) is 37.0. The Bertz CT molecular complexity index is 3160. The predicted molar refractivity (Wildman–Crippen MR) is 231 cm³/mol. The SMILES string of the molecule is c1ccc(-c2cc(-c3ccccc3)cc(-n3c4ccccc4c4cc(-c5ccc6oc7c(-c8ccccc8)nc(-c8ccccc8)nc7c6c5)ccc43)c2)cc1. The number of para-hydroxylation sites is 1. The van der Waals surface area contributed by atoms with E-state index in [1.54, 1.807) is 0 Å². The van der Waals surface area contributed by atoms with Gasteiger partial charge in [0.1, 0.15) is 16.8 Å². The number of rotatable bonds is 6. The van der Waals surface area contributed by atoms with Crippen LogP contribution in [-0.2, 0) is 0 Å². The second-order valence-electron chi connectivity index (χ2n) is 14.2. The molecule has 4 heteroatoms. The van der Waals surface area contributed by atoms with Crippen molar-refractivity contribution in [3.63, 3.8) is 0 Å². The van der Waals surface area contributed by atoms with E-state index in [0.29, 0.717) is 11.4 Å². The third-order valence-corrected chi connectivity index (χ3v) is 10.8. The van der Waals surface area contributed by atoms with Crippen molar-refractivity contribution in [2.45, 2.75) is 0 Å². The van der Waals surface area contributed by atoms with E-state index in [9.17, 15) is 0 Å². The number of fused-ring (bicyclic) bond motifs is 6. The Morgan fingerprint density at radius 2 is 0.893 bits per heavy atom. The summed E-state index contributed by atoms with van der Waals surface area (Å²) < 4.78 is 8.96. The molecule has 0 fully saturated rings. The van der Waals surface area contributed by atoms with Gasteiger partial charge in [-0.3, -0.25) is 0 Å². The normalized spacial score (nSPS) is 11.6. The highest BCUT2D eigenvalue weighted by molar-refractivity contribution is 6.12. The molecule has 3 aromatic heterocycles. The fourth-order valence-corrected chi connectivity index (χ4v) is 8.10. The predicted octanol–water partition coefficient (Wildman–Crippen LogP) is 13.8. The van der Waals surface area contributed by atoms with Crippen molar-refractivity contribution in [1.82, 2.24) is 14.5 Å². The quantitative estimate of drug-likeness (QED) is 0.172. The van der Waals surface area contributed by atoms with E-state index in [2.05, 4.69) is 168 Å². The van der Waals surface area contributed by atoms with Crippen LogP contribution in [-0.4, -0.2) is 14.5 Å². The van der Waals surface area contributed by atoms with Gasteiger partial charge in [-0.05, 0) is 81.9 Å². The van der Waals surface area contributed by atoms with Crippen molar-refractivity contribution >= 4 is 43.9 Å². The lowest BCUT2D eigenvalue weighted by atomic mass is 9.98. The molecule has 0 N–H and O–H groups in total. The topological polar surface area (TPSA) is 43.9 Å². The third kappa shape index (κ3) is 5.39. The zero-order valence-electron chi connectivity index (χ0n) is 30.3. The monoisotopic (exact) mass is 715 g/mol. The second kappa shape index (κ2) is 13.1. The molecular formula is C52H33N3O. The summed E-state index contributed by atoms with van der Waals surface area (Å²) in [5.41, 5.74) is 15.4. The van der Waals surface area contributed by atoms with Crippen LogP contribution in [0.2, 0.25) is 0 Å². The molecule has 0 radical (unpaired) electrons. The van der Waals surface area contributed by atoms with Gasteiger partial charge in [-0.2, -0.15) is 0 Å². The van der Waals surface area contributed by atoms with E-state index in [1.165, 1.54) is 38.5 Å². The fraction of sp³-hybridized carbons (Fsp3) is 0. The molecule has 0 unspecified atom stereocenters. The maximum Gasteiger partial charge on any atom is 0.180 e. The summed E-state index contributed by atoms with van der Waals surface area (Å²) in [6.45, 7) is 0. The number of hydrogen-bond acceptors (Lipinski definition) is 3. The van der Waals surface area contributed by atoms with E-state index in [0.717, 1.165) is 55.6 Å². The summed E-state index contributed by atoms with van der Waals surface area (Å²) in [6.07, 6.45) is 0. The Balaban J connectivity index is 1.09. The minimum Gasteiger partial charge on any atom is -0.452 e. The molecule has 56 heavy (non-hydrogen) atoms. The minimum absolute atomic E-state index is 0.672. The van der Waals surface area contributed by atoms with Crippen molar-refractivity contribution in [1.29, 1.82) is 0 Å². The lowest BCUT2D eigenvalue weighted by Crippen LogP contribution is -1.96. The first kappa shape index (κ1) is 31.9. The largest absolute Gasteiger partial charge is 0.452 e. The first-order valence-corrected chi connectivity index (χ1v) is 18.9. The van der Waals surface area contributed by atoms with E-state index in [4.69, 9.17) is 14.4 Å². The molecule has 3 heterocycles. The van der Waals surface area contributed by atoms with Gasteiger partial charge < -0.3 is 8.98 Å². The Hall–Kier alpha value is -7.56. The molecular weight excluding hydrogens is 683 g/mol. The Kier molecular flexibility index (Phi) is 7.46. The molecule has 0 bridgehead atoms. The van der Waals surface area contributed by atoms with Crippen molar-refractivity contribution in [3.8, 4) is 61.7 Å². The molecule has 4 nitrogen and oxygen atoms in total. The maximum atomic E-state index is 6.55. The zero-order valence-corrected chi connectivity index (χ0v) is 30.3. The summed E-state index contributed by atoms with van der Waals surface area (Å²) in [7, 11) is 0. The van der Waals surface area contributed by atoms with Gasteiger partial charge in [0.05, 0.1) is 11.0 Å². The van der Waals surface area contributed by atoms with Crippen LogP contribution >= 0.6 is 0 Å². The lowest BCUT2D eigenvalue weighted by Gasteiger charge is -2.14. The lowest BCUT2D eigenvalue weighted by molar-refractivity contribution is 0.667. The van der Waals surface area contributed by atoms with Gasteiger partial charge in [-0.15, -0.1) is 0 Å². The van der Waals surface area contributed by atoms with E-state index < -0.39 is 0 Å². The Labute approximate surface area is 323 Å². The molecule has 0 aliphatic carbocycles. The van der Waals surface area contributed by atoms with Crippen LogP contribution in [0.5, 0.6) is 0 Å². The van der Waals surface area contributed by atoms with Crippen molar-refractivity contribution in [2.24, 2.45) is 0 Å². The van der Waals surface area contributed by atoms with Gasteiger partial charge in [0.2, 0.25) is 0 Å². The van der Waals surface area contributed by atoms with Crippen LogP contribution in [0.25, 0.3) is 106 Å². The minimum atomic E-state index is 0.672. The summed E-state index contributed by atoms with van der Waals surface area (Å²) in [5, 5.41) is 3.36. The Morgan fingerprint density at radius 1 is 0.357 bits per heavy atom. The van der Waals surface area contributed by atoms with Gasteiger partial charge in [0.25, 0.3) is 0 Å². The molecule has 0 spiro atoms. The summed E-state index contributed by atoms with van der Waals surface area (Å²) >= 11 is 0. The average molecular weight is 716 g/mol. The van der Waals surface area contributed by atoms with E-state index >= 15 is 0 Å². The van der Waals surface area contributed by atoms with Gasteiger partial charge in [0, 0.05) is 33.0 Å². The second-order valence-corrected chi connectivity index (χ2v) is 14.2. The van der Waals surface area contributed by atoms with Crippen molar-refractivity contribution < 1.29 is 4.42 Å². The number of furan rings is 1. The molecule has 0 amide bonds. The number of benzene rings is 8. The standard InChI is InChI=1S/C52H33N3O/c1-5-15-34(16-6-1)40-29-41(35-17-7-2-8-18-35)31-42(30-40)55-46-24-14-13-23-43(46)44-32-38(25-27-47(44)55)39-26-28-48-45(33-39)50-51(56-48)49(36-19-9-3-10-20-36)53-52(54-50)37-21-11-4-12-22-37/h1-33H. The first-order chi connectivity index (χ1) is 27.7. The van der Waals surface area contributed by atoms with Crippen LogP contribution < -0.4 is 0 Å². The summed E-state index contributed by atoms with van der Waals surface area (Å²) in [4.78, 5) is 10.2. The van der Waals surface area contributed by atoms with Crippen LogP contribution in [0.3, 0.4) is 0 Å². The summed E-state index contributed by atoms with van der Waals surface area (Å²) in [6, 6.07) is 70.6. The number of nitrogens with zero attached hydrogens (tertiary/aromatic N) is 3. The molecule has 11 aromatic rings. The Morgan fingerprint density at radius 3 is 1.55 bits per heavy atom. The molecule has 0 saturated carbocycles. The van der Waals surface area contributed by atoms with Gasteiger partial charge >= 0.3 is 0 Å². The molecule has 0 aliphatic heterocycles. The number of aromatic nitrogens is 3. The highest BCUT2D eigenvalue weighted by Crippen LogP contribution is 2.40. The molecule has 8 aromatic carbocycles. The smallest absolute Gasteiger partial charge is 0.180 e. The molecule has 11 rings (SSSR count). The highest BCUT2D eigenvalue weighted by Gasteiger charge is 2.20. The van der Waals surface area contributed by atoms with Crippen LogP contribution in [0.4, 0.5) is 0 Å². The van der Waals surface area contributed by atoms with Gasteiger partial charge in [0.15, 0.2) is 11.4 Å². The third-order valence-electron chi connectivity index (χ3n) is 10.8. The summed E-state index contributed by atoms with van der Waals surface area (Å²) in [5.74, 6) is 0.672. The van der Waals surface area contributed by atoms with Gasteiger partial charge in [-0.1, -0.05) is 152 Å². The van der Waals surface area contributed by atoms with Crippen molar-refractivity contribution in [3.05, 3.63) is 200 Å². The van der Waals surface area contributed by atoms with Crippen LogP contribution in [0, 0.1) is 0 Å². The highest BCUT2D eigenvalue weighted by atomic mass is 16.3. The maximum absolute atomic E-state index is 6.55. The molecule has 0 aliphatic rings. The molecule has 0 atom stereocenters. The van der Waals surface area contributed by atoms with Gasteiger partial charge in [-0.25, -0.2) is 9.97 Å². The molecule has 262 valence electrons. The first-order valence-electron chi connectivity index (χ1n) is 18.9. The average Bonchev–Trinajstić information content (AvgIpc) is 3.82. The van der Waals surface area contributed by atoms with E-state index in [1.807, 2.05) is 36.4 Å². The fourth-order valence-electron chi connectivity index (χ4n) is 8.10. The van der Waals surface area contributed by atoms with E-state index in [-0.39, 0.29) is 0 Å². The number of hydrogen-bond donors (Lipinski definition) is 0. The van der Waals surface area contributed by atoms with Crippen LogP contribution in [0.15, 0.2) is 205 Å². The van der Waals surface area contributed by atoms with Crippen LogP contribution in [0.1, 0.15) is 0 Å². The van der Waals surface area contributed by atoms with Crippen molar-refractivity contribution in [2.75, 3.05) is 0 Å². The molecule has 0 saturated heterocycles.